The van der Waals surface area contributed by atoms with E-state index in [1.807, 2.05) is 13.0 Å². The van der Waals surface area contributed by atoms with Crippen LogP contribution in [0.5, 0.6) is 0 Å². The van der Waals surface area contributed by atoms with Gasteiger partial charge in [-0.2, -0.15) is 0 Å². The molecule has 29 heavy (non-hydrogen) atoms. The number of cyclic esters (lactones) is 1. The molecule has 1 fully saturated rings. The van der Waals surface area contributed by atoms with Crippen molar-refractivity contribution in [2.75, 3.05) is 6.54 Å². The number of carbonyl (C=O) groups excluding carboxylic acids is 1. The Morgan fingerprint density at radius 1 is 1.41 bits per heavy atom. The molecule has 1 heterocycles. The van der Waals surface area contributed by atoms with Crippen LogP contribution >= 0.6 is 15.9 Å². The highest BCUT2D eigenvalue weighted by atomic mass is 79.9. The average Bonchev–Trinajstić information content (AvgIpc) is 2.60. The van der Waals surface area contributed by atoms with Gasteiger partial charge in [0.05, 0.1) is 11.6 Å². The van der Waals surface area contributed by atoms with Crippen LogP contribution in [0.15, 0.2) is 46.5 Å². The van der Waals surface area contributed by atoms with E-state index in [1.165, 1.54) is 0 Å². The molecule has 1 N–H and O–H groups in total. The maximum Gasteiger partial charge on any atom is 0.411 e. The zero-order valence-electron chi connectivity index (χ0n) is 18.0. The number of benzene rings is 1. The summed E-state index contributed by atoms with van der Waals surface area (Å²) in [7, 11) is 0. The number of allylic oxidation sites excluding steroid dienone is 2. The van der Waals surface area contributed by atoms with Gasteiger partial charge in [-0.05, 0) is 68.9 Å². The summed E-state index contributed by atoms with van der Waals surface area (Å²) < 4.78 is 7.18. The van der Waals surface area contributed by atoms with E-state index in [0.717, 1.165) is 27.6 Å². The second kappa shape index (κ2) is 8.27. The molecule has 4 nitrogen and oxygen atoms in total. The van der Waals surface area contributed by atoms with Crippen LogP contribution in [0.25, 0.3) is 0 Å². The fraction of sp³-hybridized carbons (Fsp3) is 0.542. The Bertz CT molecular complexity index is 839. The number of rotatable bonds is 5. The SMILES string of the molecule is Cc1cc(Br)ccc1[C@H](C)N1CC[C@](CC(C)(C)O)(C2=CC(C)CC=C2)OC1=O. The molecule has 0 bridgehead atoms. The molecule has 0 radical (unpaired) electrons. The molecule has 1 amide bonds. The molecule has 3 atom stereocenters. The standard InChI is InChI=1S/C24H32BrNO3/c1-16-7-6-8-19(13-16)24(15-23(4,5)28)11-12-26(22(27)29-24)18(3)21-10-9-20(25)14-17(21)2/h6,8-10,13-14,16,18,28H,7,11-12,15H2,1-5H3/t16?,18-,24-/m0/s1. The zero-order chi connectivity index (χ0) is 21.4. The normalized spacial score (nSPS) is 26.2. The fourth-order valence-corrected chi connectivity index (χ4v) is 5.04. The summed E-state index contributed by atoms with van der Waals surface area (Å²) in [5.41, 5.74) is 1.54. The highest BCUT2D eigenvalue weighted by Crippen LogP contribution is 2.42. The molecule has 2 aliphatic rings. The van der Waals surface area contributed by atoms with Crippen molar-refractivity contribution in [3.05, 3.63) is 57.6 Å². The molecule has 1 saturated heterocycles. The first-order valence-electron chi connectivity index (χ1n) is 10.4. The lowest BCUT2D eigenvalue weighted by molar-refractivity contribution is -0.0749. The Morgan fingerprint density at radius 2 is 2.14 bits per heavy atom. The van der Waals surface area contributed by atoms with Gasteiger partial charge in [0.2, 0.25) is 0 Å². The monoisotopic (exact) mass is 461 g/mol. The second-order valence-corrected chi connectivity index (χ2v) is 10.1. The molecule has 3 rings (SSSR count). The lowest BCUT2D eigenvalue weighted by atomic mass is 9.77. The molecule has 1 aliphatic carbocycles. The van der Waals surface area contributed by atoms with E-state index in [9.17, 15) is 9.90 Å². The van der Waals surface area contributed by atoms with Crippen LogP contribution in [-0.4, -0.2) is 33.8 Å². The first-order valence-corrected chi connectivity index (χ1v) is 11.2. The Hall–Kier alpha value is -1.59. The van der Waals surface area contributed by atoms with Gasteiger partial charge in [-0.25, -0.2) is 4.79 Å². The minimum atomic E-state index is -0.939. The summed E-state index contributed by atoms with van der Waals surface area (Å²) in [6, 6.07) is 6.06. The van der Waals surface area contributed by atoms with Gasteiger partial charge in [0, 0.05) is 23.9 Å². The fourth-order valence-electron chi connectivity index (χ4n) is 4.57. The van der Waals surface area contributed by atoms with Crippen LogP contribution < -0.4 is 0 Å². The number of hydrogen-bond donors (Lipinski definition) is 1. The van der Waals surface area contributed by atoms with Crippen LogP contribution in [0.1, 0.15) is 64.1 Å². The topological polar surface area (TPSA) is 49.8 Å². The van der Waals surface area contributed by atoms with Crippen molar-refractivity contribution in [1.29, 1.82) is 0 Å². The third kappa shape index (κ3) is 4.95. The van der Waals surface area contributed by atoms with E-state index in [2.05, 4.69) is 60.1 Å². The molecule has 1 unspecified atom stereocenters. The zero-order valence-corrected chi connectivity index (χ0v) is 19.6. The van der Waals surface area contributed by atoms with Crippen molar-refractivity contribution >= 4 is 22.0 Å². The number of carbonyl (C=O) groups is 1. The Morgan fingerprint density at radius 3 is 2.72 bits per heavy atom. The highest BCUT2D eigenvalue weighted by molar-refractivity contribution is 9.10. The predicted octanol–water partition coefficient (Wildman–Crippen LogP) is 6.08. The van der Waals surface area contributed by atoms with Crippen LogP contribution in [-0.2, 0) is 4.74 Å². The van der Waals surface area contributed by atoms with E-state index < -0.39 is 11.2 Å². The third-order valence-corrected chi connectivity index (χ3v) is 6.43. The molecule has 0 aromatic heterocycles. The van der Waals surface area contributed by atoms with Gasteiger partial charge in [-0.1, -0.05) is 47.1 Å². The number of nitrogens with zero attached hydrogens (tertiary/aromatic N) is 1. The average molecular weight is 462 g/mol. The number of amides is 1. The van der Waals surface area contributed by atoms with Gasteiger partial charge < -0.3 is 14.7 Å². The number of halogens is 1. The maximum absolute atomic E-state index is 13.2. The lowest BCUT2D eigenvalue weighted by Crippen LogP contribution is -2.53. The summed E-state index contributed by atoms with van der Waals surface area (Å²) in [5, 5.41) is 10.6. The van der Waals surface area contributed by atoms with Crippen LogP contribution in [0.2, 0.25) is 0 Å². The smallest absolute Gasteiger partial charge is 0.411 e. The van der Waals surface area contributed by atoms with Crippen LogP contribution in [0.3, 0.4) is 0 Å². The van der Waals surface area contributed by atoms with Crippen molar-refractivity contribution in [2.45, 2.75) is 71.1 Å². The van der Waals surface area contributed by atoms with E-state index in [0.29, 0.717) is 25.3 Å². The van der Waals surface area contributed by atoms with Gasteiger partial charge in [0.1, 0.15) is 5.60 Å². The van der Waals surface area contributed by atoms with Gasteiger partial charge in [0.15, 0.2) is 0 Å². The summed E-state index contributed by atoms with van der Waals surface area (Å²) in [6.07, 6.45) is 8.11. The highest BCUT2D eigenvalue weighted by Gasteiger charge is 2.47. The van der Waals surface area contributed by atoms with Crippen LogP contribution in [0.4, 0.5) is 4.79 Å². The molecular formula is C24H32BrNO3. The Kier molecular flexibility index (Phi) is 6.30. The molecular weight excluding hydrogens is 430 g/mol. The Labute approximate surface area is 182 Å². The Balaban J connectivity index is 1.88. The minimum absolute atomic E-state index is 0.0782. The molecule has 1 aromatic carbocycles. The van der Waals surface area contributed by atoms with E-state index in [1.54, 1.807) is 18.7 Å². The summed E-state index contributed by atoms with van der Waals surface area (Å²) >= 11 is 3.50. The van der Waals surface area contributed by atoms with E-state index >= 15 is 0 Å². The summed E-state index contributed by atoms with van der Waals surface area (Å²) in [5.74, 6) is 0.398. The first kappa shape index (κ1) is 22.1. The van der Waals surface area contributed by atoms with Crippen molar-refractivity contribution in [1.82, 2.24) is 4.90 Å². The molecule has 1 aliphatic heterocycles. The largest absolute Gasteiger partial charge is 0.438 e. The van der Waals surface area contributed by atoms with Crippen molar-refractivity contribution < 1.29 is 14.6 Å². The molecule has 1 aromatic rings. The molecule has 158 valence electrons. The second-order valence-electron chi connectivity index (χ2n) is 9.21. The summed E-state index contributed by atoms with van der Waals surface area (Å²) in [6.45, 7) is 10.4. The number of aryl methyl sites for hydroxylation is 1. The maximum atomic E-state index is 13.2. The van der Waals surface area contributed by atoms with Crippen LogP contribution in [0, 0.1) is 12.8 Å². The molecule has 0 spiro atoms. The molecule has 0 saturated carbocycles. The lowest BCUT2D eigenvalue weighted by Gasteiger charge is -2.46. The molecule has 5 heteroatoms. The van der Waals surface area contributed by atoms with Gasteiger partial charge >= 0.3 is 6.09 Å². The quantitative estimate of drug-likeness (QED) is 0.577. The predicted molar refractivity (Wildman–Crippen MR) is 120 cm³/mol. The number of aliphatic hydroxyl groups is 1. The minimum Gasteiger partial charge on any atom is -0.438 e. The van der Waals surface area contributed by atoms with E-state index in [-0.39, 0.29) is 12.1 Å². The number of ether oxygens (including phenoxy) is 1. The summed E-state index contributed by atoms with van der Waals surface area (Å²) in [4.78, 5) is 15.0. The first-order chi connectivity index (χ1) is 13.5. The van der Waals surface area contributed by atoms with Gasteiger partial charge in [0.25, 0.3) is 0 Å². The third-order valence-electron chi connectivity index (χ3n) is 5.94. The van der Waals surface area contributed by atoms with Crippen molar-refractivity contribution in [2.24, 2.45) is 5.92 Å². The van der Waals surface area contributed by atoms with Crippen molar-refractivity contribution in [3.63, 3.8) is 0 Å². The van der Waals surface area contributed by atoms with Gasteiger partial charge in [-0.3, -0.25) is 0 Å². The number of hydrogen-bond acceptors (Lipinski definition) is 3. The van der Waals surface area contributed by atoms with Gasteiger partial charge in [-0.15, -0.1) is 0 Å². The van der Waals surface area contributed by atoms with Crippen molar-refractivity contribution in [3.8, 4) is 0 Å². The van der Waals surface area contributed by atoms with E-state index in [4.69, 9.17) is 4.74 Å².